The van der Waals surface area contributed by atoms with Gasteiger partial charge in [0.05, 0.1) is 50.9 Å². The van der Waals surface area contributed by atoms with Gasteiger partial charge in [0.15, 0.2) is 0 Å². The van der Waals surface area contributed by atoms with E-state index in [1.165, 1.54) is 4.88 Å². The van der Waals surface area contributed by atoms with Crippen molar-refractivity contribution in [2.75, 3.05) is 6.54 Å². The fraction of sp³-hybridized carbons (Fsp3) is 0.372. The van der Waals surface area contributed by atoms with E-state index in [2.05, 4.69) is 75.8 Å². The molecule has 3 aromatic carbocycles. The Hall–Kier alpha value is -5.29. The molecule has 0 saturated carbocycles. The van der Waals surface area contributed by atoms with Crippen LogP contribution in [0.3, 0.4) is 0 Å². The Balaban J connectivity index is 0.000000221. The van der Waals surface area contributed by atoms with Crippen LogP contribution in [0.2, 0.25) is 0 Å². The molecule has 7 rings (SSSR count). The molecule has 1 fully saturated rings. The van der Waals surface area contributed by atoms with E-state index in [9.17, 15) is 9.59 Å². The van der Waals surface area contributed by atoms with E-state index in [4.69, 9.17) is 0 Å². The lowest BCUT2D eigenvalue weighted by atomic mass is 9.95. The van der Waals surface area contributed by atoms with Crippen molar-refractivity contribution in [3.05, 3.63) is 108 Å². The molecule has 6 aromatic rings. The summed E-state index contributed by atoms with van der Waals surface area (Å²) < 4.78 is 1.83. The highest BCUT2D eigenvalue weighted by atomic mass is 32.1. The number of nitrogens with one attached hydrogen (secondary N) is 1. The zero-order valence-electron chi connectivity index (χ0n) is 33.0. The van der Waals surface area contributed by atoms with Gasteiger partial charge < -0.3 is 10.2 Å². The van der Waals surface area contributed by atoms with Crippen LogP contribution in [0.4, 0.5) is 0 Å². The third kappa shape index (κ3) is 10.2. The molecule has 3 atom stereocenters. The van der Waals surface area contributed by atoms with Crippen LogP contribution in [0.15, 0.2) is 90.6 Å². The van der Waals surface area contributed by atoms with E-state index < -0.39 is 0 Å². The minimum absolute atomic E-state index is 0.0746. The monoisotopic (exact) mass is 746 g/mol. The number of aryl methyl sites for hydroxylation is 1. The SMILES string of the molecule is CC.CC.CC(C)C(C)c1cn(-c2ccc3nnc(-c4ccccc4)cc3c2)nn1.Cc1ncsc1-c1ccc([C@H](C)NC(=O)[C@@H]2CCCN2C=O)cc1. The van der Waals surface area contributed by atoms with Gasteiger partial charge in [-0.1, -0.05) is 108 Å². The lowest BCUT2D eigenvalue weighted by Gasteiger charge is -2.22. The fourth-order valence-corrected chi connectivity index (χ4v) is 6.78. The Bertz CT molecular complexity index is 2060. The van der Waals surface area contributed by atoms with Crippen molar-refractivity contribution in [2.45, 2.75) is 93.2 Å². The van der Waals surface area contributed by atoms with Gasteiger partial charge >= 0.3 is 0 Å². The molecule has 3 aromatic heterocycles. The van der Waals surface area contributed by atoms with Crippen molar-refractivity contribution < 1.29 is 9.59 Å². The highest BCUT2D eigenvalue weighted by Gasteiger charge is 2.30. The number of aromatic nitrogens is 6. The molecule has 10 nitrogen and oxygen atoms in total. The Morgan fingerprint density at radius 2 is 1.61 bits per heavy atom. The number of benzene rings is 3. The third-order valence-electron chi connectivity index (χ3n) is 9.39. The molecule has 0 aliphatic carbocycles. The Morgan fingerprint density at radius 3 is 2.26 bits per heavy atom. The van der Waals surface area contributed by atoms with Crippen LogP contribution in [0.25, 0.3) is 38.3 Å². The number of thiazole rings is 1. The number of hydrogen-bond donors (Lipinski definition) is 1. The van der Waals surface area contributed by atoms with Gasteiger partial charge in [-0.15, -0.1) is 26.6 Å². The summed E-state index contributed by atoms with van der Waals surface area (Å²) in [6.07, 6.45) is 4.40. The number of nitrogens with zero attached hydrogens (tertiary/aromatic N) is 7. The molecule has 1 N–H and O–H groups in total. The summed E-state index contributed by atoms with van der Waals surface area (Å²) >= 11 is 1.63. The number of carbonyl (C=O) groups is 2. The zero-order valence-corrected chi connectivity index (χ0v) is 33.8. The van der Waals surface area contributed by atoms with Gasteiger partial charge in [0.25, 0.3) is 0 Å². The third-order valence-corrected chi connectivity index (χ3v) is 10.4. The van der Waals surface area contributed by atoms with Crippen molar-refractivity contribution >= 4 is 34.6 Å². The van der Waals surface area contributed by atoms with Crippen LogP contribution in [0.1, 0.15) is 97.1 Å². The topological polar surface area (TPSA) is 119 Å². The van der Waals surface area contributed by atoms with E-state index in [1.54, 1.807) is 16.2 Å². The molecule has 0 bridgehead atoms. The molecular weight excluding hydrogens is 693 g/mol. The van der Waals surface area contributed by atoms with E-state index in [1.807, 2.05) is 113 Å². The first-order valence-electron chi connectivity index (χ1n) is 19.0. The number of amides is 2. The minimum atomic E-state index is -0.330. The van der Waals surface area contributed by atoms with Gasteiger partial charge in [0.2, 0.25) is 12.3 Å². The van der Waals surface area contributed by atoms with Crippen molar-refractivity contribution in [3.8, 4) is 27.4 Å². The standard InChI is InChI=1S/C21H21N5.C18H21N3O2S.2C2H6/c1-14(2)15(3)21-13-26(25-24-21)18-9-10-19-17(11-18)12-20(23-22-19)16-7-5-4-6-8-16;1-12(20-18(23)16-4-3-9-21(16)11-22)14-5-7-15(8-6-14)17-13(2)19-10-24-17;2*1-2/h4-15H,1-3H3;5-8,10-12,16H,3-4,9H2,1-2H3,(H,20,23);2*1-2H3/t;12-,16-;;/m.0../s1. The molecule has 1 aliphatic rings. The van der Waals surface area contributed by atoms with E-state index >= 15 is 0 Å². The molecule has 4 heterocycles. The van der Waals surface area contributed by atoms with E-state index in [0.29, 0.717) is 18.4 Å². The Kier molecular flexibility index (Phi) is 15.5. The van der Waals surface area contributed by atoms with Crippen LogP contribution in [0, 0.1) is 12.8 Å². The quantitative estimate of drug-likeness (QED) is 0.146. The summed E-state index contributed by atoms with van der Waals surface area (Å²) in [5.74, 6) is 0.828. The van der Waals surface area contributed by atoms with Gasteiger partial charge in [0, 0.05) is 23.4 Å². The van der Waals surface area contributed by atoms with Crippen LogP contribution < -0.4 is 5.32 Å². The highest BCUT2D eigenvalue weighted by molar-refractivity contribution is 7.13. The zero-order chi connectivity index (χ0) is 39.2. The first-order chi connectivity index (χ1) is 26.2. The second-order valence-corrected chi connectivity index (χ2v) is 13.9. The molecule has 1 saturated heterocycles. The normalized spacial score (nSPS) is 14.5. The summed E-state index contributed by atoms with van der Waals surface area (Å²) in [4.78, 5) is 30.4. The molecule has 0 radical (unpaired) electrons. The number of fused-ring (bicyclic) bond motifs is 1. The molecular formula is C43H54N8O2S. The minimum Gasteiger partial charge on any atom is -0.348 e. The van der Waals surface area contributed by atoms with Gasteiger partial charge in [0.1, 0.15) is 6.04 Å². The molecule has 1 aliphatic heterocycles. The van der Waals surface area contributed by atoms with Gasteiger partial charge in [-0.25, -0.2) is 9.67 Å². The van der Waals surface area contributed by atoms with Gasteiger partial charge in [-0.2, -0.15) is 0 Å². The average Bonchev–Trinajstić information content (AvgIpc) is 4.01. The summed E-state index contributed by atoms with van der Waals surface area (Å²) in [5.41, 5.74) is 9.84. The second-order valence-electron chi connectivity index (χ2n) is 13.1. The lowest BCUT2D eigenvalue weighted by Crippen LogP contribution is -2.43. The summed E-state index contributed by atoms with van der Waals surface area (Å²) in [6.45, 7) is 19.2. The van der Waals surface area contributed by atoms with Crippen LogP contribution >= 0.6 is 11.3 Å². The molecule has 0 spiro atoms. The van der Waals surface area contributed by atoms with Gasteiger partial charge in [-0.05, 0) is 68.0 Å². The van der Waals surface area contributed by atoms with Crippen molar-refractivity contribution in [2.24, 2.45) is 5.92 Å². The maximum atomic E-state index is 12.4. The lowest BCUT2D eigenvalue weighted by molar-refractivity contribution is -0.131. The Labute approximate surface area is 324 Å². The number of carbonyl (C=O) groups excluding carboxylic acids is 2. The van der Waals surface area contributed by atoms with Crippen LogP contribution in [-0.4, -0.2) is 60.0 Å². The van der Waals surface area contributed by atoms with Crippen LogP contribution in [0.5, 0.6) is 0 Å². The molecule has 2 amide bonds. The second kappa shape index (κ2) is 20.2. The first kappa shape index (κ1) is 41.5. The maximum absolute atomic E-state index is 12.4. The van der Waals surface area contributed by atoms with Gasteiger partial charge in [-0.3, -0.25) is 9.59 Å². The van der Waals surface area contributed by atoms with Crippen molar-refractivity contribution in [1.29, 1.82) is 0 Å². The predicted octanol–water partition coefficient (Wildman–Crippen LogP) is 9.61. The summed E-state index contributed by atoms with van der Waals surface area (Å²) in [5, 5.41) is 21.4. The smallest absolute Gasteiger partial charge is 0.243 e. The largest absolute Gasteiger partial charge is 0.348 e. The first-order valence-corrected chi connectivity index (χ1v) is 19.9. The predicted molar refractivity (Wildman–Crippen MR) is 220 cm³/mol. The van der Waals surface area contributed by atoms with Crippen LogP contribution in [-0.2, 0) is 9.59 Å². The van der Waals surface area contributed by atoms with E-state index in [-0.39, 0.29) is 18.0 Å². The summed E-state index contributed by atoms with van der Waals surface area (Å²) in [7, 11) is 0. The summed E-state index contributed by atoms with van der Waals surface area (Å²) in [6, 6.07) is 26.0. The molecule has 11 heteroatoms. The highest BCUT2D eigenvalue weighted by Crippen LogP contribution is 2.29. The van der Waals surface area contributed by atoms with E-state index in [0.717, 1.165) is 69.6 Å². The molecule has 284 valence electrons. The fourth-order valence-electron chi connectivity index (χ4n) is 5.97. The number of likely N-dealkylation sites (tertiary alicyclic amines) is 1. The number of hydrogen-bond acceptors (Lipinski definition) is 8. The number of rotatable bonds is 9. The average molecular weight is 747 g/mol. The Morgan fingerprint density at radius 1 is 0.889 bits per heavy atom. The maximum Gasteiger partial charge on any atom is 0.243 e. The molecule has 54 heavy (non-hydrogen) atoms. The van der Waals surface area contributed by atoms with Crippen molar-refractivity contribution in [3.63, 3.8) is 0 Å². The molecule has 1 unspecified atom stereocenters. The van der Waals surface area contributed by atoms with Crippen molar-refractivity contribution in [1.82, 2.24) is 40.4 Å².